The molecule has 1 aliphatic heterocycles. The van der Waals surface area contributed by atoms with Crippen molar-refractivity contribution in [2.45, 2.75) is 0 Å². The molecule has 1 aliphatic rings. The average Bonchev–Trinajstić information content (AvgIpc) is 2.86. The summed E-state index contributed by atoms with van der Waals surface area (Å²) < 4.78 is 6.44. The van der Waals surface area contributed by atoms with Gasteiger partial charge < -0.3 is 9.63 Å². The van der Waals surface area contributed by atoms with Gasteiger partial charge in [0.25, 0.3) is 5.69 Å². The largest absolute Gasteiger partial charge is 0.539 e. The fourth-order valence-corrected chi connectivity index (χ4v) is 3.08. The first-order valence-electron chi connectivity index (χ1n) is 4.54. The molecule has 0 aliphatic carbocycles. The van der Waals surface area contributed by atoms with Gasteiger partial charge in [-0.2, -0.15) is 0 Å². The number of aromatic nitrogens is 2. The monoisotopic (exact) mass is 259 g/mol. The quantitative estimate of drug-likeness (QED) is 0.542. The molecule has 2 heterocycles. The van der Waals surface area contributed by atoms with Crippen LogP contribution in [-0.2, 0) is 7.05 Å². The van der Waals surface area contributed by atoms with Crippen molar-refractivity contribution in [1.29, 1.82) is 0 Å². The summed E-state index contributed by atoms with van der Waals surface area (Å²) in [7, 11) is 1.50. The van der Waals surface area contributed by atoms with Crippen LogP contribution >= 0.6 is 23.5 Å². The molecule has 1 aromatic heterocycles. The molecule has 8 heteroatoms. The summed E-state index contributed by atoms with van der Waals surface area (Å²) in [5, 5.41) is 14.5. The minimum Gasteiger partial charge on any atom is -0.539 e. The highest BCUT2D eigenvalue weighted by molar-refractivity contribution is 8.39. The molecule has 86 valence electrons. The van der Waals surface area contributed by atoms with Crippen LogP contribution in [0.25, 0.3) is 0 Å². The standard InChI is InChI=1S/C8H9N3O3S2/c1-11-6(7(13)14-10-11)5(12)4-16-8-9-2-3-15-8/h2-4H2,1H3. The maximum Gasteiger partial charge on any atom is 0.300 e. The fraction of sp³-hybridized carbons (Fsp3) is 0.500. The van der Waals surface area contributed by atoms with Crippen LogP contribution in [0.2, 0.25) is 0 Å². The summed E-state index contributed by atoms with van der Waals surface area (Å²) in [4.78, 5) is 15.9. The van der Waals surface area contributed by atoms with E-state index >= 15 is 0 Å². The second kappa shape index (κ2) is 4.88. The predicted octanol–water partition coefficient (Wildman–Crippen LogP) is -0.409. The fourth-order valence-electron chi connectivity index (χ4n) is 1.21. The van der Waals surface area contributed by atoms with Gasteiger partial charge in [0.05, 0.1) is 17.6 Å². The molecule has 0 fully saturated rings. The van der Waals surface area contributed by atoms with Crippen molar-refractivity contribution >= 4 is 33.7 Å². The Morgan fingerprint density at radius 2 is 2.56 bits per heavy atom. The van der Waals surface area contributed by atoms with E-state index in [4.69, 9.17) is 0 Å². The van der Waals surface area contributed by atoms with E-state index in [0.29, 0.717) is 0 Å². The van der Waals surface area contributed by atoms with Crippen LogP contribution in [0.3, 0.4) is 0 Å². The van der Waals surface area contributed by atoms with E-state index in [-0.39, 0.29) is 17.2 Å². The van der Waals surface area contributed by atoms with Crippen LogP contribution in [0.4, 0.5) is 0 Å². The van der Waals surface area contributed by atoms with Crippen molar-refractivity contribution < 1.29 is 19.1 Å². The predicted molar refractivity (Wildman–Crippen MR) is 58.7 cm³/mol. The van der Waals surface area contributed by atoms with Crippen molar-refractivity contribution in [3.05, 3.63) is 5.69 Å². The van der Waals surface area contributed by atoms with E-state index in [0.717, 1.165) is 21.4 Å². The number of aliphatic imine (C=N–C) groups is 1. The Labute approximate surface area is 100 Å². The normalized spacial score (nSPS) is 15.2. The molecular formula is C8H9N3O3S2. The van der Waals surface area contributed by atoms with Gasteiger partial charge in [0.2, 0.25) is 5.78 Å². The first-order chi connectivity index (χ1) is 7.68. The van der Waals surface area contributed by atoms with Crippen LogP contribution in [0.1, 0.15) is 10.5 Å². The van der Waals surface area contributed by atoms with Crippen molar-refractivity contribution in [2.75, 3.05) is 18.1 Å². The molecule has 0 N–H and O–H groups in total. The number of Topliss-reactive ketones (excluding diaryl/α,β-unsaturated/α-hetero) is 1. The van der Waals surface area contributed by atoms with Crippen LogP contribution in [0.5, 0.6) is 5.95 Å². The first-order valence-corrected chi connectivity index (χ1v) is 6.52. The molecular weight excluding hydrogens is 250 g/mol. The third-order valence-electron chi connectivity index (χ3n) is 1.91. The Morgan fingerprint density at radius 1 is 1.75 bits per heavy atom. The molecule has 0 spiro atoms. The van der Waals surface area contributed by atoms with Gasteiger partial charge >= 0.3 is 0 Å². The SMILES string of the molecule is C[n+]1noc([O-])c1C(=O)CSC1=NCCS1. The zero-order valence-electron chi connectivity index (χ0n) is 8.50. The maximum absolute atomic E-state index is 11.7. The lowest BCUT2D eigenvalue weighted by Gasteiger charge is -1.97. The molecule has 16 heavy (non-hydrogen) atoms. The number of thioether (sulfide) groups is 2. The van der Waals surface area contributed by atoms with Crippen molar-refractivity contribution in [2.24, 2.45) is 12.0 Å². The second-order valence-electron chi connectivity index (χ2n) is 3.04. The van der Waals surface area contributed by atoms with Crippen LogP contribution in [0, 0.1) is 0 Å². The molecule has 0 unspecified atom stereocenters. The van der Waals surface area contributed by atoms with E-state index in [2.05, 4.69) is 14.8 Å². The minimum absolute atomic E-state index is 0.0175. The summed E-state index contributed by atoms with van der Waals surface area (Å²) in [6, 6.07) is 0. The Kier molecular flexibility index (Phi) is 3.49. The van der Waals surface area contributed by atoms with Crippen LogP contribution in [0.15, 0.2) is 9.52 Å². The lowest BCUT2D eigenvalue weighted by atomic mass is 10.3. The number of carbonyl (C=O) groups excluding carboxylic acids is 1. The molecule has 0 saturated heterocycles. The molecule has 2 rings (SSSR count). The molecule has 0 amide bonds. The smallest absolute Gasteiger partial charge is 0.300 e. The Morgan fingerprint density at radius 3 is 3.12 bits per heavy atom. The van der Waals surface area contributed by atoms with Gasteiger partial charge in [0.1, 0.15) is 4.38 Å². The molecule has 0 saturated carbocycles. The number of rotatable bonds is 3. The zero-order valence-corrected chi connectivity index (χ0v) is 10.1. The van der Waals surface area contributed by atoms with Crippen molar-refractivity contribution in [3.8, 4) is 5.95 Å². The number of carbonyl (C=O) groups is 1. The molecule has 0 radical (unpaired) electrons. The zero-order chi connectivity index (χ0) is 11.5. The Bertz CT molecular complexity index is 424. The van der Waals surface area contributed by atoms with Crippen LogP contribution < -0.4 is 9.79 Å². The van der Waals surface area contributed by atoms with Gasteiger partial charge in [-0.25, -0.2) is 0 Å². The molecule has 0 atom stereocenters. The van der Waals surface area contributed by atoms with Gasteiger partial charge in [-0.05, 0) is 0 Å². The minimum atomic E-state index is -0.686. The second-order valence-corrected chi connectivity index (χ2v) is 5.35. The summed E-state index contributed by atoms with van der Waals surface area (Å²) in [6.45, 7) is 0.801. The molecule has 1 aromatic rings. The van der Waals surface area contributed by atoms with E-state index < -0.39 is 5.95 Å². The van der Waals surface area contributed by atoms with Gasteiger partial charge in [0.15, 0.2) is 13.0 Å². The lowest BCUT2D eigenvalue weighted by Crippen LogP contribution is -2.37. The average molecular weight is 259 g/mol. The summed E-state index contributed by atoms with van der Waals surface area (Å²) in [6.07, 6.45) is 0. The summed E-state index contributed by atoms with van der Waals surface area (Å²) in [5.74, 6) is 0.184. The molecule has 0 bridgehead atoms. The first kappa shape index (κ1) is 11.5. The summed E-state index contributed by atoms with van der Waals surface area (Å²) >= 11 is 2.98. The van der Waals surface area contributed by atoms with Crippen molar-refractivity contribution in [1.82, 2.24) is 5.27 Å². The Hall–Kier alpha value is -1.02. The van der Waals surface area contributed by atoms with Crippen LogP contribution in [-0.4, -0.2) is 33.5 Å². The highest BCUT2D eigenvalue weighted by Gasteiger charge is 2.23. The highest BCUT2D eigenvalue weighted by atomic mass is 32.2. The third kappa shape index (κ3) is 2.38. The van der Waals surface area contributed by atoms with E-state index in [1.165, 1.54) is 18.8 Å². The van der Waals surface area contributed by atoms with E-state index in [9.17, 15) is 9.90 Å². The molecule has 6 nitrogen and oxygen atoms in total. The topological polar surface area (TPSA) is 82.4 Å². The van der Waals surface area contributed by atoms with Gasteiger partial charge in [0, 0.05) is 5.75 Å². The Balaban J connectivity index is 1.98. The number of ketones is 1. The maximum atomic E-state index is 11.7. The number of hydrogen-bond acceptors (Lipinski definition) is 7. The van der Waals surface area contributed by atoms with Crippen molar-refractivity contribution in [3.63, 3.8) is 0 Å². The number of nitrogens with zero attached hydrogens (tertiary/aromatic N) is 3. The van der Waals surface area contributed by atoms with E-state index in [1.807, 2.05) is 0 Å². The van der Waals surface area contributed by atoms with E-state index in [1.54, 1.807) is 11.8 Å². The highest BCUT2D eigenvalue weighted by Crippen LogP contribution is 2.23. The van der Waals surface area contributed by atoms with Gasteiger partial charge in [-0.3, -0.25) is 9.79 Å². The summed E-state index contributed by atoms with van der Waals surface area (Å²) in [5.41, 5.74) is -0.0175. The lowest BCUT2D eigenvalue weighted by molar-refractivity contribution is -0.741. The molecule has 0 aromatic carbocycles. The number of aryl methyl sites for hydroxylation is 1. The third-order valence-corrected chi connectivity index (χ3v) is 4.16. The van der Waals surface area contributed by atoms with Gasteiger partial charge in [-0.1, -0.05) is 28.2 Å². The number of hydrogen-bond donors (Lipinski definition) is 0. The van der Waals surface area contributed by atoms with Gasteiger partial charge in [-0.15, -0.1) is 0 Å².